The van der Waals surface area contributed by atoms with Crippen molar-refractivity contribution in [1.29, 1.82) is 0 Å². The van der Waals surface area contributed by atoms with Gasteiger partial charge >= 0.3 is 0 Å². The number of nitrogens with one attached hydrogen (secondary N) is 1. The van der Waals surface area contributed by atoms with Crippen molar-refractivity contribution in [3.8, 4) is 5.75 Å². The molecule has 1 N–H and O–H groups in total. The molecule has 0 saturated carbocycles. The maximum Gasteiger partial charge on any atom is 0.277 e. The lowest BCUT2D eigenvalue weighted by Crippen LogP contribution is -2.25. The second-order valence-corrected chi connectivity index (χ2v) is 5.03. The molecule has 0 bridgehead atoms. The largest absolute Gasteiger partial charge is 0.483 e. The average Bonchev–Trinajstić information content (AvgIpc) is 2.54. The first-order valence-electron chi connectivity index (χ1n) is 7.00. The van der Waals surface area contributed by atoms with E-state index in [0.717, 1.165) is 16.7 Å². The number of aromatic nitrogens is 1. The fourth-order valence-corrected chi connectivity index (χ4v) is 1.84. The van der Waals surface area contributed by atoms with Gasteiger partial charge in [0.05, 0.1) is 5.71 Å². The lowest BCUT2D eigenvalue weighted by Gasteiger charge is -2.09. The number of amides is 1. The SMILES string of the molecule is C/C(=N/NC(=O)COc1cc(C)ccc1C)c1ccncc1. The Kier molecular flexibility index (Phi) is 5.25. The standard InChI is InChI=1S/C17H19N3O2/c1-12-4-5-13(2)16(10-12)22-11-17(21)20-19-14(3)15-6-8-18-9-7-15/h4-10H,11H2,1-3H3,(H,20,21)/b19-14-. The van der Waals surface area contributed by atoms with Crippen LogP contribution in [-0.4, -0.2) is 23.2 Å². The van der Waals surface area contributed by atoms with Gasteiger partial charge in [-0.1, -0.05) is 12.1 Å². The smallest absolute Gasteiger partial charge is 0.277 e. The molecule has 0 aliphatic carbocycles. The van der Waals surface area contributed by atoms with Gasteiger partial charge in [0, 0.05) is 18.0 Å². The van der Waals surface area contributed by atoms with Crippen LogP contribution in [-0.2, 0) is 4.79 Å². The fraction of sp³-hybridized carbons (Fsp3) is 0.235. The Hall–Kier alpha value is -2.69. The van der Waals surface area contributed by atoms with E-state index < -0.39 is 0 Å². The zero-order chi connectivity index (χ0) is 15.9. The van der Waals surface area contributed by atoms with Crippen LogP contribution < -0.4 is 10.2 Å². The van der Waals surface area contributed by atoms with E-state index in [9.17, 15) is 4.79 Å². The summed E-state index contributed by atoms with van der Waals surface area (Å²) in [4.78, 5) is 15.7. The van der Waals surface area contributed by atoms with E-state index in [1.165, 1.54) is 0 Å². The molecular weight excluding hydrogens is 278 g/mol. The minimum atomic E-state index is -0.297. The van der Waals surface area contributed by atoms with Crippen LogP contribution in [0.15, 0.2) is 47.8 Å². The molecule has 0 spiro atoms. The molecule has 114 valence electrons. The van der Waals surface area contributed by atoms with E-state index in [1.54, 1.807) is 12.4 Å². The summed E-state index contributed by atoms with van der Waals surface area (Å²) in [5, 5.41) is 4.06. The number of rotatable bonds is 5. The maximum atomic E-state index is 11.8. The van der Waals surface area contributed by atoms with Gasteiger partial charge < -0.3 is 4.74 Å². The molecule has 1 aromatic heterocycles. The summed E-state index contributed by atoms with van der Waals surface area (Å²) < 4.78 is 5.53. The molecule has 5 nitrogen and oxygen atoms in total. The monoisotopic (exact) mass is 297 g/mol. The Morgan fingerprint density at radius 1 is 1.23 bits per heavy atom. The van der Waals surface area contributed by atoms with Crippen LogP contribution in [0.3, 0.4) is 0 Å². The third-order valence-corrected chi connectivity index (χ3v) is 3.15. The van der Waals surface area contributed by atoms with Crippen molar-refractivity contribution in [2.75, 3.05) is 6.61 Å². The molecule has 1 aromatic carbocycles. The van der Waals surface area contributed by atoms with Crippen LogP contribution in [0.5, 0.6) is 5.75 Å². The van der Waals surface area contributed by atoms with E-state index in [2.05, 4.69) is 15.5 Å². The number of benzene rings is 1. The molecule has 0 aliphatic rings. The number of ether oxygens (including phenoxy) is 1. The number of carbonyl (C=O) groups is 1. The van der Waals surface area contributed by atoms with Gasteiger partial charge in [0.1, 0.15) is 5.75 Å². The molecule has 2 rings (SSSR count). The number of nitrogens with zero attached hydrogens (tertiary/aromatic N) is 2. The Morgan fingerprint density at radius 2 is 1.95 bits per heavy atom. The predicted octanol–water partition coefficient (Wildman–Crippen LogP) is 2.62. The molecule has 0 aliphatic heterocycles. The van der Waals surface area contributed by atoms with E-state index in [4.69, 9.17) is 4.74 Å². The Balaban J connectivity index is 1.89. The van der Waals surface area contributed by atoms with Crippen LogP contribution in [0.2, 0.25) is 0 Å². The topological polar surface area (TPSA) is 63.6 Å². The highest BCUT2D eigenvalue weighted by atomic mass is 16.5. The normalized spacial score (nSPS) is 11.1. The number of hydrazone groups is 1. The van der Waals surface area contributed by atoms with Crippen LogP contribution >= 0.6 is 0 Å². The summed E-state index contributed by atoms with van der Waals surface area (Å²) in [5.74, 6) is 0.416. The summed E-state index contributed by atoms with van der Waals surface area (Å²) >= 11 is 0. The number of aryl methyl sites for hydroxylation is 2. The zero-order valence-corrected chi connectivity index (χ0v) is 13.0. The lowest BCUT2D eigenvalue weighted by atomic mass is 10.1. The summed E-state index contributed by atoms with van der Waals surface area (Å²) in [5.41, 5.74) is 6.19. The number of pyridine rings is 1. The Bertz CT molecular complexity index is 682. The van der Waals surface area contributed by atoms with Crippen molar-refractivity contribution in [2.24, 2.45) is 5.10 Å². The first kappa shape index (κ1) is 15.7. The van der Waals surface area contributed by atoms with Crippen molar-refractivity contribution in [3.05, 3.63) is 59.4 Å². The molecule has 1 heterocycles. The summed E-state index contributed by atoms with van der Waals surface area (Å²) in [6, 6.07) is 9.54. The van der Waals surface area contributed by atoms with Gasteiger partial charge in [0.2, 0.25) is 0 Å². The fourth-order valence-electron chi connectivity index (χ4n) is 1.84. The van der Waals surface area contributed by atoms with Gasteiger partial charge in [0.25, 0.3) is 5.91 Å². The van der Waals surface area contributed by atoms with Crippen molar-refractivity contribution < 1.29 is 9.53 Å². The number of hydrogen-bond donors (Lipinski definition) is 1. The van der Waals surface area contributed by atoms with Gasteiger partial charge in [-0.2, -0.15) is 5.10 Å². The summed E-state index contributed by atoms with van der Waals surface area (Å²) in [7, 11) is 0. The van der Waals surface area contributed by atoms with E-state index in [1.807, 2.05) is 51.1 Å². The van der Waals surface area contributed by atoms with Crippen LogP contribution in [0.4, 0.5) is 0 Å². The minimum Gasteiger partial charge on any atom is -0.483 e. The van der Waals surface area contributed by atoms with Crippen molar-refractivity contribution >= 4 is 11.6 Å². The molecular formula is C17H19N3O2. The van der Waals surface area contributed by atoms with Crippen LogP contribution in [0.25, 0.3) is 0 Å². The first-order valence-corrected chi connectivity index (χ1v) is 7.00. The lowest BCUT2D eigenvalue weighted by molar-refractivity contribution is -0.123. The minimum absolute atomic E-state index is 0.0720. The second kappa shape index (κ2) is 7.36. The Labute approximate surface area is 130 Å². The van der Waals surface area contributed by atoms with Crippen molar-refractivity contribution in [2.45, 2.75) is 20.8 Å². The van der Waals surface area contributed by atoms with E-state index >= 15 is 0 Å². The highest BCUT2D eigenvalue weighted by molar-refractivity contribution is 5.99. The van der Waals surface area contributed by atoms with Crippen LogP contribution in [0.1, 0.15) is 23.6 Å². The van der Waals surface area contributed by atoms with E-state index in [0.29, 0.717) is 11.5 Å². The highest BCUT2D eigenvalue weighted by Gasteiger charge is 2.05. The van der Waals surface area contributed by atoms with Crippen LogP contribution in [0, 0.1) is 13.8 Å². The third kappa shape index (κ3) is 4.41. The summed E-state index contributed by atoms with van der Waals surface area (Å²) in [6.07, 6.45) is 3.36. The molecule has 0 fully saturated rings. The highest BCUT2D eigenvalue weighted by Crippen LogP contribution is 2.18. The molecule has 1 amide bonds. The molecule has 5 heteroatoms. The van der Waals surface area contributed by atoms with Gasteiger partial charge in [-0.25, -0.2) is 5.43 Å². The van der Waals surface area contributed by atoms with Gasteiger partial charge in [-0.15, -0.1) is 0 Å². The number of hydrogen-bond acceptors (Lipinski definition) is 4. The Morgan fingerprint density at radius 3 is 2.68 bits per heavy atom. The van der Waals surface area contributed by atoms with Gasteiger partial charge in [-0.05, 0) is 50.1 Å². The average molecular weight is 297 g/mol. The molecule has 22 heavy (non-hydrogen) atoms. The van der Waals surface area contributed by atoms with Crippen molar-refractivity contribution in [1.82, 2.24) is 10.4 Å². The second-order valence-electron chi connectivity index (χ2n) is 5.03. The van der Waals surface area contributed by atoms with Gasteiger partial charge in [-0.3, -0.25) is 9.78 Å². The quantitative estimate of drug-likeness (QED) is 0.681. The molecule has 2 aromatic rings. The first-order chi connectivity index (χ1) is 10.6. The molecule has 0 atom stereocenters. The number of carbonyl (C=O) groups excluding carboxylic acids is 1. The molecule has 0 radical (unpaired) electrons. The summed E-state index contributed by atoms with van der Waals surface area (Å²) in [6.45, 7) is 5.67. The zero-order valence-electron chi connectivity index (χ0n) is 13.0. The van der Waals surface area contributed by atoms with Gasteiger partial charge in [0.15, 0.2) is 6.61 Å². The molecule has 0 unspecified atom stereocenters. The van der Waals surface area contributed by atoms with E-state index in [-0.39, 0.29) is 12.5 Å². The maximum absolute atomic E-state index is 11.8. The molecule has 0 saturated heterocycles. The predicted molar refractivity (Wildman–Crippen MR) is 86.0 cm³/mol. The third-order valence-electron chi connectivity index (χ3n) is 3.15. The van der Waals surface area contributed by atoms with Crippen molar-refractivity contribution in [3.63, 3.8) is 0 Å².